The molecule has 4 heteroatoms. The molecule has 2 heterocycles. The zero-order chi connectivity index (χ0) is 11.8. The summed E-state index contributed by atoms with van der Waals surface area (Å²) in [5.74, 6) is 1.06. The van der Waals surface area contributed by atoms with Crippen molar-refractivity contribution in [3.05, 3.63) is 30.1 Å². The van der Waals surface area contributed by atoms with Gasteiger partial charge in [-0.25, -0.2) is 4.98 Å². The Balaban J connectivity index is 2.00. The van der Waals surface area contributed by atoms with Crippen LogP contribution in [-0.2, 0) is 6.54 Å². The van der Waals surface area contributed by atoms with Crippen LogP contribution in [0.25, 0.3) is 5.65 Å². The lowest BCUT2D eigenvalue weighted by Crippen LogP contribution is -2.19. The molecule has 3 rings (SSSR count). The molecule has 1 N–H and O–H groups in total. The minimum atomic E-state index is 0.722. The van der Waals surface area contributed by atoms with Crippen LogP contribution in [0.1, 0.15) is 18.5 Å². The Morgan fingerprint density at radius 1 is 1.41 bits per heavy atom. The molecule has 0 radical (unpaired) electrons. The maximum Gasteiger partial charge on any atom is 0.151 e. The van der Waals surface area contributed by atoms with Gasteiger partial charge in [-0.1, -0.05) is 6.07 Å². The standard InChI is InChI=1S/C13H18N4/c1-16(2)13-11(9-14-10-6-7-10)17-8-4-3-5-12(17)15-13/h3-5,8,10,14H,6-7,9H2,1-2H3. The van der Waals surface area contributed by atoms with E-state index < -0.39 is 0 Å². The Kier molecular flexibility index (Phi) is 2.52. The lowest BCUT2D eigenvalue weighted by Gasteiger charge is -2.12. The van der Waals surface area contributed by atoms with E-state index in [1.54, 1.807) is 0 Å². The fourth-order valence-corrected chi connectivity index (χ4v) is 2.09. The zero-order valence-electron chi connectivity index (χ0n) is 10.3. The number of anilines is 1. The number of pyridine rings is 1. The fraction of sp³-hybridized carbons (Fsp3) is 0.462. The second kappa shape index (κ2) is 4.04. The van der Waals surface area contributed by atoms with Gasteiger partial charge in [0.25, 0.3) is 0 Å². The summed E-state index contributed by atoms with van der Waals surface area (Å²) in [6.07, 6.45) is 4.71. The molecule has 1 aliphatic rings. The molecule has 4 nitrogen and oxygen atoms in total. The van der Waals surface area contributed by atoms with E-state index in [9.17, 15) is 0 Å². The SMILES string of the molecule is CN(C)c1nc2ccccn2c1CNC1CC1. The average Bonchev–Trinajstić information content (AvgIpc) is 3.07. The number of aromatic nitrogens is 2. The molecular formula is C13H18N4. The Bertz CT molecular complexity index is 525. The van der Waals surface area contributed by atoms with Gasteiger partial charge in [0.2, 0.25) is 0 Å². The number of hydrogen-bond donors (Lipinski definition) is 1. The van der Waals surface area contributed by atoms with Gasteiger partial charge < -0.3 is 14.6 Å². The van der Waals surface area contributed by atoms with E-state index in [4.69, 9.17) is 0 Å². The third-order valence-electron chi connectivity index (χ3n) is 3.17. The Morgan fingerprint density at radius 3 is 2.94 bits per heavy atom. The summed E-state index contributed by atoms with van der Waals surface area (Å²) in [5.41, 5.74) is 2.27. The van der Waals surface area contributed by atoms with Crippen LogP contribution >= 0.6 is 0 Å². The molecule has 0 amide bonds. The summed E-state index contributed by atoms with van der Waals surface area (Å²) in [5, 5.41) is 3.56. The van der Waals surface area contributed by atoms with Gasteiger partial charge in [-0.3, -0.25) is 0 Å². The van der Waals surface area contributed by atoms with Crippen molar-refractivity contribution in [1.29, 1.82) is 0 Å². The van der Waals surface area contributed by atoms with Crippen molar-refractivity contribution >= 4 is 11.5 Å². The van der Waals surface area contributed by atoms with Crippen LogP contribution < -0.4 is 10.2 Å². The topological polar surface area (TPSA) is 32.6 Å². The van der Waals surface area contributed by atoms with Crippen molar-refractivity contribution in [2.45, 2.75) is 25.4 Å². The fourth-order valence-electron chi connectivity index (χ4n) is 2.09. The first-order valence-corrected chi connectivity index (χ1v) is 6.12. The summed E-state index contributed by atoms with van der Waals surface area (Å²) < 4.78 is 2.17. The number of hydrogen-bond acceptors (Lipinski definition) is 3. The molecule has 0 unspecified atom stereocenters. The minimum Gasteiger partial charge on any atom is -0.361 e. The van der Waals surface area contributed by atoms with Crippen LogP contribution in [0.3, 0.4) is 0 Å². The minimum absolute atomic E-state index is 0.722. The van der Waals surface area contributed by atoms with E-state index in [0.29, 0.717) is 0 Å². The largest absolute Gasteiger partial charge is 0.361 e. The van der Waals surface area contributed by atoms with Crippen molar-refractivity contribution < 1.29 is 0 Å². The van der Waals surface area contributed by atoms with E-state index in [-0.39, 0.29) is 0 Å². The van der Waals surface area contributed by atoms with Crippen molar-refractivity contribution in [1.82, 2.24) is 14.7 Å². The first-order valence-electron chi connectivity index (χ1n) is 6.12. The monoisotopic (exact) mass is 230 g/mol. The van der Waals surface area contributed by atoms with Crippen LogP contribution in [0.2, 0.25) is 0 Å². The summed E-state index contributed by atoms with van der Waals surface area (Å²) in [6.45, 7) is 0.892. The predicted molar refractivity (Wildman–Crippen MR) is 69.4 cm³/mol. The Hall–Kier alpha value is -1.55. The Labute approximate surface area is 101 Å². The number of fused-ring (bicyclic) bond motifs is 1. The second-order valence-corrected chi connectivity index (χ2v) is 4.86. The van der Waals surface area contributed by atoms with Gasteiger partial charge in [0, 0.05) is 32.9 Å². The summed E-state index contributed by atoms with van der Waals surface area (Å²) >= 11 is 0. The van der Waals surface area contributed by atoms with Crippen molar-refractivity contribution in [2.75, 3.05) is 19.0 Å². The molecule has 1 fully saturated rings. The zero-order valence-corrected chi connectivity index (χ0v) is 10.3. The molecule has 90 valence electrons. The maximum absolute atomic E-state index is 4.66. The molecule has 0 spiro atoms. The molecule has 0 atom stereocenters. The maximum atomic E-state index is 4.66. The van der Waals surface area contributed by atoms with Crippen LogP contribution in [0, 0.1) is 0 Å². The van der Waals surface area contributed by atoms with E-state index in [1.807, 2.05) is 26.2 Å². The lowest BCUT2D eigenvalue weighted by molar-refractivity contribution is 0.669. The van der Waals surface area contributed by atoms with E-state index >= 15 is 0 Å². The molecule has 0 aliphatic heterocycles. The molecule has 17 heavy (non-hydrogen) atoms. The summed E-state index contributed by atoms with van der Waals surface area (Å²) in [7, 11) is 4.09. The molecule has 0 saturated heterocycles. The van der Waals surface area contributed by atoms with Crippen molar-refractivity contribution in [3.8, 4) is 0 Å². The van der Waals surface area contributed by atoms with Crippen LogP contribution in [0.15, 0.2) is 24.4 Å². The van der Waals surface area contributed by atoms with Crippen LogP contribution in [0.5, 0.6) is 0 Å². The van der Waals surface area contributed by atoms with Gasteiger partial charge in [0.05, 0.1) is 5.69 Å². The van der Waals surface area contributed by atoms with Crippen molar-refractivity contribution in [2.24, 2.45) is 0 Å². The lowest BCUT2D eigenvalue weighted by atomic mass is 10.4. The van der Waals surface area contributed by atoms with Gasteiger partial charge in [-0.05, 0) is 25.0 Å². The highest BCUT2D eigenvalue weighted by atomic mass is 15.2. The smallest absolute Gasteiger partial charge is 0.151 e. The van der Waals surface area contributed by atoms with Gasteiger partial charge in [-0.2, -0.15) is 0 Å². The predicted octanol–water partition coefficient (Wildman–Crippen LogP) is 1.65. The highest BCUT2D eigenvalue weighted by molar-refractivity contribution is 5.55. The number of rotatable bonds is 4. The van der Waals surface area contributed by atoms with Crippen LogP contribution in [-0.4, -0.2) is 29.5 Å². The number of nitrogens with one attached hydrogen (secondary N) is 1. The number of nitrogens with zero attached hydrogens (tertiary/aromatic N) is 3. The van der Waals surface area contributed by atoms with Gasteiger partial charge in [-0.15, -0.1) is 0 Å². The van der Waals surface area contributed by atoms with Crippen LogP contribution in [0.4, 0.5) is 5.82 Å². The van der Waals surface area contributed by atoms with Gasteiger partial charge >= 0.3 is 0 Å². The summed E-state index contributed by atoms with van der Waals surface area (Å²) in [4.78, 5) is 6.74. The second-order valence-electron chi connectivity index (χ2n) is 4.86. The average molecular weight is 230 g/mol. The molecule has 2 aromatic rings. The van der Waals surface area contributed by atoms with E-state index in [2.05, 4.69) is 31.9 Å². The highest BCUT2D eigenvalue weighted by Crippen LogP contribution is 2.23. The molecule has 0 bridgehead atoms. The molecule has 1 aliphatic carbocycles. The molecule has 0 aromatic carbocycles. The summed E-state index contributed by atoms with van der Waals surface area (Å²) in [6, 6.07) is 6.85. The third-order valence-corrected chi connectivity index (χ3v) is 3.17. The van der Waals surface area contributed by atoms with E-state index in [0.717, 1.165) is 24.1 Å². The Morgan fingerprint density at radius 2 is 2.24 bits per heavy atom. The third kappa shape index (κ3) is 2.00. The molecule has 1 saturated carbocycles. The quantitative estimate of drug-likeness (QED) is 0.867. The highest BCUT2D eigenvalue weighted by Gasteiger charge is 2.22. The first-order chi connectivity index (χ1) is 8.25. The molecular weight excluding hydrogens is 212 g/mol. The normalized spacial score (nSPS) is 15.4. The number of imidazole rings is 1. The van der Waals surface area contributed by atoms with E-state index in [1.165, 1.54) is 18.5 Å². The van der Waals surface area contributed by atoms with Gasteiger partial charge in [0.1, 0.15) is 5.65 Å². The van der Waals surface area contributed by atoms with Gasteiger partial charge in [0.15, 0.2) is 5.82 Å². The van der Waals surface area contributed by atoms with Crippen molar-refractivity contribution in [3.63, 3.8) is 0 Å². The first kappa shape index (κ1) is 10.6. The molecule has 2 aromatic heterocycles.